The molecule has 0 amide bonds. The van der Waals surface area contributed by atoms with Crippen LogP contribution in [0.1, 0.15) is 79.0 Å². The van der Waals surface area contributed by atoms with Crippen LogP contribution >= 0.6 is 15.9 Å². The maximum atomic E-state index is 3.62. The van der Waals surface area contributed by atoms with E-state index in [1.165, 1.54) is 70.9 Å². The monoisotopic (exact) mass is 574 g/mol. The Morgan fingerprint density at radius 3 is 1.15 bits per heavy atom. The smallest absolute Gasteiger partial charge is 0.0175 e. The van der Waals surface area contributed by atoms with Crippen LogP contribution in [0.5, 0.6) is 0 Å². The van der Waals surface area contributed by atoms with Gasteiger partial charge >= 0.3 is 0 Å². The van der Waals surface area contributed by atoms with Gasteiger partial charge in [-0.1, -0.05) is 109 Å². The first-order valence-electron chi connectivity index (χ1n) is 14.1. The first-order chi connectivity index (χ1) is 18.1. The van der Waals surface area contributed by atoms with Gasteiger partial charge in [0.2, 0.25) is 0 Å². The van der Waals surface area contributed by atoms with Crippen molar-refractivity contribution >= 4 is 59.0 Å². The molecule has 0 spiro atoms. The summed E-state index contributed by atoms with van der Waals surface area (Å²) < 4.78 is 1.11. The zero-order chi connectivity index (χ0) is 28.1. The Morgan fingerprint density at radius 1 is 0.410 bits per heavy atom. The first kappa shape index (κ1) is 26.3. The minimum Gasteiger partial charge on any atom is -0.0561 e. The molecule has 0 saturated heterocycles. The Labute approximate surface area is 241 Å². The summed E-state index contributed by atoms with van der Waals surface area (Å²) in [5.41, 5.74) is 6.85. The molecule has 0 N–H and O–H groups in total. The number of rotatable bonds is 1. The van der Waals surface area contributed by atoms with Crippen molar-refractivity contribution < 1.29 is 0 Å². The van der Waals surface area contributed by atoms with Gasteiger partial charge in [0, 0.05) is 4.47 Å². The lowest BCUT2D eigenvalue weighted by atomic mass is 9.77. The summed E-state index contributed by atoms with van der Waals surface area (Å²) in [5, 5.41) is 10.9. The summed E-state index contributed by atoms with van der Waals surface area (Å²) in [6.45, 7) is 21.0. The third kappa shape index (κ3) is 4.44. The van der Waals surface area contributed by atoms with E-state index in [2.05, 4.69) is 151 Å². The molecule has 0 aliphatic rings. The molecule has 6 aromatic rings. The summed E-state index contributed by atoms with van der Waals surface area (Å²) in [6, 6.07) is 28.4. The van der Waals surface area contributed by atoms with E-state index >= 15 is 0 Å². The maximum absolute atomic E-state index is 3.62. The van der Waals surface area contributed by atoms with Crippen LogP contribution in [0.25, 0.3) is 54.2 Å². The van der Waals surface area contributed by atoms with Gasteiger partial charge in [-0.3, -0.25) is 0 Å². The Hall–Kier alpha value is -2.90. The fourth-order valence-corrected chi connectivity index (χ4v) is 6.25. The van der Waals surface area contributed by atoms with Gasteiger partial charge in [-0.2, -0.15) is 0 Å². The van der Waals surface area contributed by atoms with Crippen LogP contribution in [-0.2, 0) is 16.2 Å². The van der Waals surface area contributed by atoms with Gasteiger partial charge in [-0.15, -0.1) is 0 Å². The van der Waals surface area contributed by atoms with Crippen LogP contribution in [0, 0.1) is 0 Å². The molecular weight excluding hydrogens is 536 g/mol. The highest BCUT2D eigenvalue weighted by molar-refractivity contribution is 9.10. The SMILES string of the molecule is CC(C)(C)c1cc2cc(-c3ccc(Br)cc3)cc3c4cc(C(C)(C)C)cc5cc(C(C)(C)C)cc(c(c1)c23)c54. The third-order valence-corrected chi connectivity index (χ3v) is 8.98. The molecule has 0 fully saturated rings. The molecule has 6 aromatic carbocycles. The van der Waals surface area contributed by atoms with Crippen molar-refractivity contribution in [2.75, 3.05) is 0 Å². The molecule has 0 aromatic heterocycles. The largest absolute Gasteiger partial charge is 0.0561 e. The van der Waals surface area contributed by atoms with Gasteiger partial charge in [0.05, 0.1) is 0 Å². The zero-order valence-electron chi connectivity index (χ0n) is 24.8. The lowest BCUT2D eigenvalue weighted by Gasteiger charge is -2.27. The Bertz CT molecular complexity index is 1880. The second-order valence-corrected chi connectivity index (χ2v) is 15.5. The molecule has 0 atom stereocenters. The van der Waals surface area contributed by atoms with Crippen LogP contribution in [0.15, 0.2) is 77.3 Å². The highest BCUT2D eigenvalue weighted by Gasteiger charge is 2.24. The molecule has 198 valence electrons. The van der Waals surface area contributed by atoms with E-state index in [4.69, 9.17) is 0 Å². The second-order valence-electron chi connectivity index (χ2n) is 14.5. The summed E-state index contributed by atoms with van der Waals surface area (Å²) in [6.07, 6.45) is 0. The number of hydrogen-bond donors (Lipinski definition) is 0. The quantitative estimate of drug-likeness (QED) is 0.135. The van der Waals surface area contributed by atoms with E-state index in [-0.39, 0.29) is 16.2 Å². The van der Waals surface area contributed by atoms with Crippen molar-refractivity contribution in [3.63, 3.8) is 0 Å². The average Bonchev–Trinajstić information content (AvgIpc) is 2.84. The fourth-order valence-electron chi connectivity index (χ4n) is 5.99. The molecule has 6 rings (SSSR count). The summed E-state index contributed by atoms with van der Waals surface area (Å²) >= 11 is 3.62. The molecule has 0 heterocycles. The maximum Gasteiger partial charge on any atom is 0.0175 e. The summed E-state index contributed by atoms with van der Waals surface area (Å²) in [4.78, 5) is 0. The van der Waals surface area contributed by atoms with E-state index in [1.54, 1.807) is 0 Å². The molecule has 0 aliphatic carbocycles. The first-order valence-corrected chi connectivity index (χ1v) is 14.9. The van der Waals surface area contributed by atoms with Gasteiger partial charge in [0.15, 0.2) is 0 Å². The summed E-state index contributed by atoms with van der Waals surface area (Å²) in [7, 11) is 0. The molecular formula is C38H39Br. The molecule has 1 heteroatoms. The number of benzene rings is 6. The van der Waals surface area contributed by atoms with Crippen LogP contribution in [0.4, 0.5) is 0 Å². The summed E-state index contributed by atoms with van der Waals surface area (Å²) in [5.74, 6) is 0. The lowest BCUT2D eigenvalue weighted by Crippen LogP contribution is -2.13. The van der Waals surface area contributed by atoms with Crippen molar-refractivity contribution in [3.8, 4) is 11.1 Å². The van der Waals surface area contributed by atoms with Crippen LogP contribution in [0.2, 0.25) is 0 Å². The number of hydrogen-bond acceptors (Lipinski definition) is 0. The molecule has 0 saturated carbocycles. The molecule has 0 nitrogen and oxygen atoms in total. The van der Waals surface area contributed by atoms with Crippen molar-refractivity contribution in [1.82, 2.24) is 0 Å². The lowest BCUT2D eigenvalue weighted by molar-refractivity contribution is 0.590. The fraction of sp³-hybridized carbons (Fsp3) is 0.316. The highest BCUT2D eigenvalue weighted by atomic mass is 79.9. The van der Waals surface area contributed by atoms with Crippen LogP contribution in [0.3, 0.4) is 0 Å². The Kier molecular flexibility index (Phi) is 5.77. The molecule has 0 unspecified atom stereocenters. The topological polar surface area (TPSA) is 0 Å². The van der Waals surface area contributed by atoms with E-state index in [0.717, 1.165) is 4.47 Å². The van der Waals surface area contributed by atoms with E-state index < -0.39 is 0 Å². The van der Waals surface area contributed by atoms with Crippen molar-refractivity contribution in [2.45, 2.75) is 78.6 Å². The van der Waals surface area contributed by atoms with Gasteiger partial charge in [0.1, 0.15) is 0 Å². The van der Waals surface area contributed by atoms with Gasteiger partial charge < -0.3 is 0 Å². The normalized spacial score (nSPS) is 13.4. The van der Waals surface area contributed by atoms with Crippen LogP contribution < -0.4 is 0 Å². The third-order valence-electron chi connectivity index (χ3n) is 8.45. The number of fused-ring (bicyclic) bond motifs is 2. The number of halogens is 1. The molecule has 0 bridgehead atoms. The van der Waals surface area contributed by atoms with E-state index in [0.29, 0.717) is 0 Å². The standard InChI is InChI=1S/C38H39Br/c1-36(2,3)26-15-24-14-23(22-10-12-29(39)13-11-22)18-30-31-19-27(37(4,5)6)16-25-17-28(38(7,8)9)21-33(35(25)31)32(20-26)34(24)30/h10-21H,1-9H3. The van der Waals surface area contributed by atoms with Crippen LogP contribution in [-0.4, -0.2) is 0 Å². The van der Waals surface area contributed by atoms with Crippen molar-refractivity contribution in [2.24, 2.45) is 0 Å². The van der Waals surface area contributed by atoms with Crippen molar-refractivity contribution in [3.05, 3.63) is 94.0 Å². The predicted octanol–water partition coefficient (Wildman–Crippen LogP) is 12.1. The minimum absolute atomic E-state index is 0.0512. The predicted molar refractivity (Wildman–Crippen MR) is 177 cm³/mol. The Balaban J connectivity index is 1.89. The van der Waals surface area contributed by atoms with Crippen molar-refractivity contribution in [1.29, 1.82) is 0 Å². The van der Waals surface area contributed by atoms with Gasteiger partial charge in [-0.05, 0) is 130 Å². The van der Waals surface area contributed by atoms with E-state index in [9.17, 15) is 0 Å². The average molecular weight is 576 g/mol. The van der Waals surface area contributed by atoms with E-state index in [1.807, 2.05) is 0 Å². The minimum atomic E-state index is 0.0512. The molecule has 0 radical (unpaired) electrons. The second kappa shape index (κ2) is 8.55. The molecule has 0 aliphatic heterocycles. The molecule has 39 heavy (non-hydrogen) atoms. The zero-order valence-corrected chi connectivity index (χ0v) is 26.4. The Morgan fingerprint density at radius 2 is 0.769 bits per heavy atom. The highest BCUT2D eigenvalue weighted by Crippen LogP contribution is 2.46. The van der Waals surface area contributed by atoms with Gasteiger partial charge in [0.25, 0.3) is 0 Å². The van der Waals surface area contributed by atoms with Gasteiger partial charge in [-0.25, -0.2) is 0 Å².